The summed E-state index contributed by atoms with van der Waals surface area (Å²) in [6.45, 7) is 6.84. The molecule has 0 heterocycles. The molecule has 37 heavy (non-hydrogen) atoms. The third-order valence-electron chi connectivity index (χ3n) is 7.91. The lowest BCUT2D eigenvalue weighted by Crippen LogP contribution is -2.65. The Morgan fingerprint density at radius 2 is 1.73 bits per heavy atom. The van der Waals surface area contributed by atoms with Crippen LogP contribution in [0.5, 0.6) is 5.75 Å². The number of carbonyl (C=O) groups excluding carboxylic acids is 4. The molecule has 1 saturated carbocycles. The van der Waals surface area contributed by atoms with Crippen molar-refractivity contribution in [2.45, 2.75) is 57.6 Å². The van der Waals surface area contributed by atoms with Crippen molar-refractivity contribution in [1.29, 1.82) is 0 Å². The number of rotatable bonds is 3. The summed E-state index contributed by atoms with van der Waals surface area (Å²) in [6, 6.07) is 0.428. The van der Waals surface area contributed by atoms with Crippen LogP contribution in [0.25, 0.3) is 5.76 Å². The van der Waals surface area contributed by atoms with E-state index in [0.717, 1.165) is 0 Å². The van der Waals surface area contributed by atoms with Gasteiger partial charge in [-0.05, 0) is 56.8 Å². The molecular weight excluding hydrogens is 480 g/mol. The maximum Gasteiger partial charge on any atom is 0.255 e. The molecule has 10 heteroatoms. The van der Waals surface area contributed by atoms with Gasteiger partial charge in [-0.15, -0.1) is 0 Å². The van der Waals surface area contributed by atoms with Crippen LogP contribution in [0.4, 0.5) is 0 Å². The SMILES string of the molecule is CC(=O)c1cc(C(C)(C)C)c(O)c2c1C[C@@H]1C[C@@H]3[C@@H](N(C)C)C(=O)C(C(N)=O)=C(O)[C@]3(O)C(=O)C1=C2O. The van der Waals surface area contributed by atoms with Crippen molar-refractivity contribution in [2.75, 3.05) is 14.1 Å². The number of aliphatic hydroxyl groups excluding tert-OH is 2. The van der Waals surface area contributed by atoms with E-state index in [-0.39, 0.29) is 35.5 Å². The van der Waals surface area contributed by atoms with Gasteiger partial charge in [0.2, 0.25) is 5.78 Å². The minimum absolute atomic E-state index is 0.0368. The number of nitrogens with two attached hydrogens (primary N) is 1. The van der Waals surface area contributed by atoms with Gasteiger partial charge >= 0.3 is 0 Å². The Balaban J connectivity index is 2.04. The van der Waals surface area contributed by atoms with E-state index in [1.54, 1.807) is 6.07 Å². The second-order valence-electron chi connectivity index (χ2n) is 11.4. The number of carbonyl (C=O) groups is 4. The Morgan fingerprint density at radius 1 is 1.14 bits per heavy atom. The molecule has 6 N–H and O–H groups in total. The fourth-order valence-electron chi connectivity index (χ4n) is 6.20. The van der Waals surface area contributed by atoms with Crippen molar-refractivity contribution in [3.63, 3.8) is 0 Å². The topological polar surface area (TPSA) is 178 Å². The molecule has 1 aromatic rings. The lowest BCUT2D eigenvalue weighted by Gasteiger charge is -2.50. The summed E-state index contributed by atoms with van der Waals surface area (Å²) in [7, 11) is 3.07. The predicted molar refractivity (Wildman–Crippen MR) is 133 cm³/mol. The first kappa shape index (κ1) is 26.6. The van der Waals surface area contributed by atoms with Crippen LogP contribution in [-0.2, 0) is 26.2 Å². The number of hydrogen-bond donors (Lipinski definition) is 5. The third-order valence-corrected chi connectivity index (χ3v) is 7.91. The fraction of sp³-hybridized carbons (Fsp3) is 0.481. The van der Waals surface area contributed by atoms with Gasteiger partial charge in [-0.3, -0.25) is 24.1 Å². The molecule has 0 bridgehead atoms. The van der Waals surface area contributed by atoms with E-state index >= 15 is 0 Å². The molecule has 0 aromatic heterocycles. The Hall–Kier alpha value is -3.50. The fourth-order valence-corrected chi connectivity index (χ4v) is 6.20. The minimum Gasteiger partial charge on any atom is -0.508 e. The summed E-state index contributed by atoms with van der Waals surface area (Å²) in [5, 5.41) is 45.2. The average molecular weight is 513 g/mol. The van der Waals surface area contributed by atoms with Gasteiger partial charge in [0.15, 0.2) is 17.2 Å². The highest BCUT2D eigenvalue weighted by Crippen LogP contribution is 2.54. The lowest BCUT2D eigenvalue weighted by molar-refractivity contribution is -0.153. The molecule has 3 aliphatic carbocycles. The van der Waals surface area contributed by atoms with Crippen molar-refractivity contribution >= 4 is 29.0 Å². The molecule has 0 radical (unpaired) electrons. The van der Waals surface area contributed by atoms with Crippen molar-refractivity contribution in [2.24, 2.45) is 17.6 Å². The zero-order valence-corrected chi connectivity index (χ0v) is 21.7. The Kier molecular flexibility index (Phi) is 5.93. The molecule has 0 spiro atoms. The summed E-state index contributed by atoms with van der Waals surface area (Å²) >= 11 is 0. The highest BCUT2D eigenvalue weighted by molar-refractivity contribution is 6.24. The highest BCUT2D eigenvalue weighted by atomic mass is 16.3. The zero-order valence-electron chi connectivity index (χ0n) is 21.7. The second kappa shape index (κ2) is 8.26. The number of ketones is 3. The Labute approximate surface area is 214 Å². The van der Waals surface area contributed by atoms with E-state index in [1.165, 1.54) is 25.9 Å². The molecule has 0 aliphatic heterocycles. The first-order valence-electron chi connectivity index (χ1n) is 12.0. The molecule has 1 fully saturated rings. The van der Waals surface area contributed by atoms with E-state index in [9.17, 15) is 39.6 Å². The molecule has 4 rings (SSSR count). The number of fused-ring (bicyclic) bond motifs is 3. The van der Waals surface area contributed by atoms with Gasteiger partial charge in [-0.25, -0.2) is 0 Å². The van der Waals surface area contributed by atoms with Crippen LogP contribution in [0.1, 0.15) is 61.2 Å². The summed E-state index contributed by atoms with van der Waals surface area (Å²) in [5.41, 5.74) is 1.87. The van der Waals surface area contributed by atoms with Crippen LogP contribution >= 0.6 is 0 Å². The molecule has 198 valence electrons. The van der Waals surface area contributed by atoms with E-state index < -0.39 is 63.5 Å². The molecule has 10 nitrogen and oxygen atoms in total. The van der Waals surface area contributed by atoms with Crippen LogP contribution < -0.4 is 5.73 Å². The van der Waals surface area contributed by atoms with Gasteiger partial charge in [0.05, 0.1) is 11.6 Å². The van der Waals surface area contributed by atoms with Crippen LogP contribution in [0.3, 0.4) is 0 Å². The van der Waals surface area contributed by atoms with Crippen LogP contribution in [-0.4, -0.2) is 74.3 Å². The molecular formula is C27H32N2O8. The molecule has 1 aromatic carbocycles. The maximum atomic E-state index is 13.9. The van der Waals surface area contributed by atoms with Crippen LogP contribution in [0.2, 0.25) is 0 Å². The number of nitrogens with zero attached hydrogens (tertiary/aromatic N) is 1. The number of hydrogen-bond acceptors (Lipinski definition) is 9. The Morgan fingerprint density at radius 3 is 2.22 bits per heavy atom. The predicted octanol–water partition coefficient (Wildman–Crippen LogP) is 1.46. The molecule has 0 saturated heterocycles. The van der Waals surface area contributed by atoms with E-state index in [1.807, 2.05) is 20.8 Å². The van der Waals surface area contributed by atoms with Gasteiger partial charge in [-0.2, -0.15) is 0 Å². The van der Waals surface area contributed by atoms with Gasteiger partial charge in [0, 0.05) is 22.6 Å². The number of benzene rings is 1. The smallest absolute Gasteiger partial charge is 0.255 e. The van der Waals surface area contributed by atoms with Gasteiger partial charge < -0.3 is 26.2 Å². The Bertz CT molecular complexity index is 1350. The number of Topliss-reactive ketones (excluding diaryl/α,β-unsaturated/α-hetero) is 3. The second-order valence-corrected chi connectivity index (χ2v) is 11.4. The summed E-state index contributed by atoms with van der Waals surface area (Å²) in [6.07, 6.45) is 0.0341. The number of aliphatic hydroxyl groups is 3. The van der Waals surface area contributed by atoms with Crippen LogP contribution in [0, 0.1) is 11.8 Å². The van der Waals surface area contributed by atoms with Crippen molar-refractivity contribution in [3.8, 4) is 5.75 Å². The van der Waals surface area contributed by atoms with Crippen molar-refractivity contribution in [3.05, 3.63) is 45.2 Å². The summed E-state index contributed by atoms with van der Waals surface area (Å²) < 4.78 is 0. The maximum absolute atomic E-state index is 13.9. The average Bonchev–Trinajstić information content (AvgIpc) is 2.74. The van der Waals surface area contributed by atoms with Gasteiger partial charge in [0.1, 0.15) is 22.8 Å². The van der Waals surface area contributed by atoms with Gasteiger partial charge in [0.25, 0.3) is 5.91 Å². The third kappa shape index (κ3) is 3.53. The van der Waals surface area contributed by atoms with Crippen LogP contribution in [0.15, 0.2) is 23.0 Å². The minimum atomic E-state index is -2.70. The monoisotopic (exact) mass is 512 g/mol. The van der Waals surface area contributed by atoms with Gasteiger partial charge in [-0.1, -0.05) is 20.8 Å². The first-order chi connectivity index (χ1) is 17.0. The summed E-state index contributed by atoms with van der Waals surface area (Å²) in [4.78, 5) is 53.2. The van der Waals surface area contributed by atoms with E-state index in [2.05, 4.69) is 0 Å². The molecule has 1 amide bonds. The number of phenolic OH excluding ortho intramolecular Hbond substituents is 1. The van der Waals surface area contributed by atoms with Crippen molar-refractivity contribution in [1.82, 2.24) is 4.90 Å². The number of likely N-dealkylation sites (N-methyl/N-ethyl adjacent to an activating group) is 1. The van der Waals surface area contributed by atoms with Crippen molar-refractivity contribution < 1.29 is 39.6 Å². The number of primary amides is 1. The normalized spacial score (nSPS) is 27.7. The standard InChI is InChI=1S/C27H32N2O8/c1-10(30)12-9-15(26(2,3)4)20(31)17-13(12)7-11-8-14-19(29(5)6)22(33)18(25(28)36)24(35)27(14,37)23(34)16(11)21(17)32/h9,11,14,19,31-32,35,37H,7-8H2,1-6H3,(H2,28,36)/t11-,14-,19-,27-/m1/s1. The highest BCUT2D eigenvalue weighted by Gasteiger charge is 2.64. The number of amides is 1. The lowest BCUT2D eigenvalue weighted by atomic mass is 9.57. The summed E-state index contributed by atoms with van der Waals surface area (Å²) in [5.74, 6) is -7.43. The number of phenols is 1. The van der Waals surface area contributed by atoms with E-state index in [0.29, 0.717) is 16.7 Å². The molecule has 0 unspecified atom stereocenters. The quantitative estimate of drug-likeness (QED) is 0.296. The van der Waals surface area contributed by atoms with E-state index in [4.69, 9.17) is 5.73 Å². The molecule has 3 aliphatic rings. The molecule has 4 atom stereocenters. The largest absolute Gasteiger partial charge is 0.508 e. The number of aromatic hydroxyl groups is 1. The first-order valence-corrected chi connectivity index (χ1v) is 12.0. The zero-order chi connectivity index (χ0) is 27.9.